The van der Waals surface area contributed by atoms with Crippen molar-refractivity contribution in [1.29, 1.82) is 0 Å². The van der Waals surface area contributed by atoms with Crippen LogP contribution in [0.5, 0.6) is 0 Å². The molecule has 1 aliphatic carbocycles. The van der Waals surface area contributed by atoms with Crippen LogP contribution in [-0.2, 0) is 22.6 Å². The van der Waals surface area contributed by atoms with Gasteiger partial charge >= 0.3 is 5.97 Å². The Kier molecular flexibility index (Phi) is 11.1. The lowest BCUT2D eigenvalue weighted by molar-refractivity contribution is -0.152. The maximum absolute atomic E-state index is 14.4. The van der Waals surface area contributed by atoms with Crippen LogP contribution in [0.15, 0.2) is 72.8 Å². The van der Waals surface area contributed by atoms with Gasteiger partial charge in [-0.1, -0.05) is 68.1 Å². The van der Waals surface area contributed by atoms with E-state index in [2.05, 4.69) is 9.80 Å². The summed E-state index contributed by atoms with van der Waals surface area (Å²) in [6.07, 6.45) is 9.27. The highest BCUT2D eigenvalue weighted by molar-refractivity contribution is 5.76. The van der Waals surface area contributed by atoms with Gasteiger partial charge in [0.15, 0.2) is 0 Å². The van der Waals surface area contributed by atoms with E-state index in [1.807, 2.05) is 36.4 Å². The predicted molar refractivity (Wildman–Crippen MR) is 175 cm³/mol. The molecule has 3 fully saturated rings. The standard InChI is InChI=1S/C39H47F3N2O2/c40-34-14-6-13-32(22-34)37-26-44(38(21-29-10-5-11-29)39(45)46-27-30-7-2-1-3-8-30)25-33(37)24-43-17-15-28(16-18-43)9-4-12-31-19-35(41)23-36(42)20-31/h1-3,6-8,13-14,19-20,22-23,28-29,33,37-38H,4-5,9-12,15-18,21,24-27H2/t33-,37+,38+/m0/s1. The monoisotopic (exact) mass is 632 g/mol. The fourth-order valence-electron chi connectivity index (χ4n) is 7.86. The molecule has 3 atom stereocenters. The number of hydrogen-bond donors (Lipinski definition) is 0. The van der Waals surface area contributed by atoms with E-state index in [-0.39, 0.29) is 36.3 Å². The minimum Gasteiger partial charge on any atom is -0.460 e. The van der Waals surface area contributed by atoms with E-state index in [4.69, 9.17) is 4.74 Å². The van der Waals surface area contributed by atoms with Gasteiger partial charge in [-0.15, -0.1) is 0 Å². The average Bonchev–Trinajstić information content (AvgIpc) is 3.43. The zero-order valence-corrected chi connectivity index (χ0v) is 26.8. The second-order valence-electron chi connectivity index (χ2n) is 13.9. The predicted octanol–water partition coefficient (Wildman–Crippen LogP) is 8.16. The van der Waals surface area contributed by atoms with Gasteiger partial charge in [-0.2, -0.15) is 0 Å². The van der Waals surface area contributed by atoms with Crippen molar-refractivity contribution < 1.29 is 22.7 Å². The number of likely N-dealkylation sites (tertiary alicyclic amines) is 2. The summed E-state index contributed by atoms with van der Waals surface area (Å²) >= 11 is 0. The van der Waals surface area contributed by atoms with Crippen molar-refractivity contribution in [2.45, 2.75) is 76.4 Å². The number of nitrogens with zero attached hydrogens (tertiary/aromatic N) is 2. The summed E-state index contributed by atoms with van der Waals surface area (Å²) in [6.45, 7) is 4.74. The maximum Gasteiger partial charge on any atom is 0.323 e. The Labute approximate surface area is 271 Å². The number of hydrogen-bond acceptors (Lipinski definition) is 4. The van der Waals surface area contributed by atoms with Gasteiger partial charge in [0.1, 0.15) is 30.1 Å². The van der Waals surface area contributed by atoms with Crippen LogP contribution in [0.4, 0.5) is 13.2 Å². The SMILES string of the molecule is O=C(OCc1ccccc1)[C@@H](CC1CCC1)N1C[C@H](CN2CCC(CCCc3cc(F)cc(F)c3)CC2)[C@@H](c2cccc(F)c2)C1. The Morgan fingerprint density at radius 1 is 0.804 bits per heavy atom. The first-order valence-corrected chi connectivity index (χ1v) is 17.3. The van der Waals surface area contributed by atoms with Gasteiger partial charge in [0.25, 0.3) is 0 Å². The van der Waals surface area contributed by atoms with Gasteiger partial charge in [-0.3, -0.25) is 9.69 Å². The fourth-order valence-corrected chi connectivity index (χ4v) is 7.86. The summed E-state index contributed by atoms with van der Waals surface area (Å²) in [4.78, 5) is 18.5. The number of benzene rings is 3. The first-order chi connectivity index (χ1) is 22.4. The van der Waals surface area contributed by atoms with Crippen molar-refractivity contribution in [1.82, 2.24) is 9.80 Å². The molecule has 3 aromatic carbocycles. The molecule has 2 aliphatic heterocycles. The molecule has 1 saturated carbocycles. The van der Waals surface area contributed by atoms with E-state index in [0.717, 1.165) is 87.6 Å². The highest BCUT2D eigenvalue weighted by atomic mass is 19.1. The summed E-state index contributed by atoms with van der Waals surface area (Å²) in [5.41, 5.74) is 2.72. The lowest BCUT2D eigenvalue weighted by Crippen LogP contribution is -2.44. The van der Waals surface area contributed by atoms with Crippen LogP contribution in [0.1, 0.15) is 74.0 Å². The summed E-state index contributed by atoms with van der Waals surface area (Å²) in [5, 5.41) is 0. The molecule has 6 rings (SSSR count). The van der Waals surface area contributed by atoms with Crippen LogP contribution in [0, 0.1) is 35.2 Å². The molecule has 2 saturated heterocycles. The van der Waals surface area contributed by atoms with Crippen molar-refractivity contribution in [3.05, 3.63) is 107 Å². The van der Waals surface area contributed by atoms with Crippen molar-refractivity contribution in [3.8, 4) is 0 Å². The minimum atomic E-state index is -0.510. The fraction of sp³-hybridized carbons (Fsp3) is 0.513. The smallest absolute Gasteiger partial charge is 0.323 e. The lowest BCUT2D eigenvalue weighted by atomic mass is 9.80. The summed E-state index contributed by atoms with van der Waals surface area (Å²) in [5.74, 6) is 0.214. The third-order valence-corrected chi connectivity index (χ3v) is 10.7. The van der Waals surface area contributed by atoms with Gasteiger partial charge < -0.3 is 9.64 Å². The number of ether oxygens (including phenoxy) is 1. The van der Waals surface area contributed by atoms with Crippen LogP contribution in [0.25, 0.3) is 0 Å². The molecule has 3 aromatic rings. The number of halogens is 3. The van der Waals surface area contributed by atoms with Gasteiger partial charge in [-0.05, 0) is 104 Å². The summed E-state index contributed by atoms with van der Waals surface area (Å²) < 4.78 is 47.5. The Balaban J connectivity index is 1.07. The highest BCUT2D eigenvalue weighted by Gasteiger charge is 2.42. The van der Waals surface area contributed by atoms with E-state index < -0.39 is 11.6 Å². The molecule has 3 aliphatic rings. The van der Waals surface area contributed by atoms with Crippen molar-refractivity contribution in [2.24, 2.45) is 17.8 Å². The number of piperidine rings is 1. The van der Waals surface area contributed by atoms with Crippen LogP contribution in [0.3, 0.4) is 0 Å². The molecule has 46 heavy (non-hydrogen) atoms. The molecule has 7 heteroatoms. The number of carbonyl (C=O) groups is 1. The Morgan fingerprint density at radius 2 is 1.57 bits per heavy atom. The normalized spacial score (nSPS) is 22.1. The molecule has 0 N–H and O–H groups in total. The number of esters is 1. The first-order valence-electron chi connectivity index (χ1n) is 17.3. The summed E-state index contributed by atoms with van der Waals surface area (Å²) in [7, 11) is 0. The van der Waals surface area contributed by atoms with Gasteiger partial charge in [-0.25, -0.2) is 13.2 Å². The Hall–Kier alpha value is -3.16. The van der Waals surface area contributed by atoms with E-state index in [0.29, 0.717) is 18.3 Å². The van der Waals surface area contributed by atoms with Crippen molar-refractivity contribution >= 4 is 5.97 Å². The number of carbonyl (C=O) groups excluding carboxylic acids is 1. The van der Waals surface area contributed by atoms with Crippen molar-refractivity contribution in [3.63, 3.8) is 0 Å². The van der Waals surface area contributed by atoms with Gasteiger partial charge in [0.05, 0.1) is 0 Å². The molecule has 246 valence electrons. The van der Waals surface area contributed by atoms with E-state index in [1.165, 1.54) is 37.5 Å². The minimum absolute atomic E-state index is 0.142. The van der Waals surface area contributed by atoms with Gasteiger partial charge in [0.2, 0.25) is 0 Å². The van der Waals surface area contributed by atoms with E-state index in [1.54, 1.807) is 12.1 Å². The second kappa shape index (κ2) is 15.6. The second-order valence-corrected chi connectivity index (χ2v) is 13.9. The zero-order valence-electron chi connectivity index (χ0n) is 26.8. The largest absolute Gasteiger partial charge is 0.460 e. The van der Waals surface area contributed by atoms with E-state index >= 15 is 0 Å². The molecule has 0 radical (unpaired) electrons. The zero-order chi connectivity index (χ0) is 31.9. The third-order valence-electron chi connectivity index (χ3n) is 10.7. The van der Waals surface area contributed by atoms with Crippen LogP contribution >= 0.6 is 0 Å². The molecular weight excluding hydrogens is 585 g/mol. The van der Waals surface area contributed by atoms with Crippen LogP contribution in [-0.4, -0.2) is 54.5 Å². The molecule has 0 amide bonds. The molecule has 2 heterocycles. The molecule has 0 unspecified atom stereocenters. The molecule has 4 nitrogen and oxygen atoms in total. The average molecular weight is 633 g/mol. The van der Waals surface area contributed by atoms with E-state index in [9.17, 15) is 18.0 Å². The van der Waals surface area contributed by atoms with Crippen molar-refractivity contribution in [2.75, 3.05) is 32.7 Å². The first kappa shape index (κ1) is 32.8. The molecule has 0 bridgehead atoms. The molecular formula is C39H47F3N2O2. The quantitative estimate of drug-likeness (QED) is 0.178. The topological polar surface area (TPSA) is 32.8 Å². The number of rotatable bonds is 13. The maximum atomic E-state index is 14.4. The Morgan fingerprint density at radius 3 is 2.26 bits per heavy atom. The number of aryl methyl sites for hydroxylation is 1. The lowest BCUT2D eigenvalue weighted by Gasteiger charge is -2.35. The third kappa shape index (κ3) is 8.80. The highest BCUT2D eigenvalue weighted by Crippen LogP contribution is 2.39. The molecule has 0 aromatic heterocycles. The Bertz CT molecular complexity index is 1400. The molecule has 0 spiro atoms. The van der Waals surface area contributed by atoms with Gasteiger partial charge in [0, 0.05) is 31.6 Å². The van der Waals surface area contributed by atoms with Crippen LogP contribution in [0.2, 0.25) is 0 Å². The summed E-state index contributed by atoms with van der Waals surface area (Å²) in [6, 6.07) is 20.4. The van der Waals surface area contributed by atoms with Crippen LogP contribution < -0.4 is 0 Å².